The molecule has 0 radical (unpaired) electrons. The molecule has 2 aliphatic carbocycles. The number of H-pyrrole nitrogens is 1. The molecule has 2 heterocycles. The van der Waals surface area contributed by atoms with Crippen LogP contribution in [0.5, 0.6) is 0 Å². The van der Waals surface area contributed by atoms with Gasteiger partial charge in [0.05, 0.1) is 12.3 Å². The van der Waals surface area contributed by atoms with Crippen molar-refractivity contribution in [3.63, 3.8) is 0 Å². The molecule has 4 rings (SSSR count). The Labute approximate surface area is 163 Å². The summed E-state index contributed by atoms with van der Waals surface area (Å²) in [6.45, 7) is 0.356. The molecule has 9 nitrogen and oxygen atoms in total. The maximum absolute atomic E-state index is 12.5. The van der Waals surface area contributed by atoms with Gasteiger partial charge in [-0.3, -0.25) is 19.4 Å². The third-order valence-corrected chi connectivity index (χ3v) is 5.91. The topological polar surface area (TPSA) is 105 Å². The molecular formula is C19H26N6O3. The molecule has 9 heteroatoms. The predicted octanol–water partition coefficient (Wildman–Crippen LogP) is 1.37. The highest BCUT2D eigenvalue weighted by Crippen LogP contribution is 2.62. The smallest absolute Gasteiger partial charge is 0.275 e. The summed E-state index contributed by atoms with van der Waals surface area (Å²) < 4.78 is 6.58. The minimum absolute atomic E-state index is 0.194. The Hall–Kier alpha value is -2.68. The molecule has 2 fully saturated rings. The van der Waals surface area contributed by atoms with Crippen molar-refractivity contribution in [3.05, 3.63) is 29.2 Å². The van der Waals surface area contributed by atoms with Crippen molar-refractivity contribution in [2.75, 3.05) is 26.5 Å². The molecule has 28 heavy (non-hydrogen) atoms. The van der Waals surface area contributed by atoms with E-state index in [1.165, 1.54) is 4.68 Å². The summed E-state index contributed by atoms with van der Waals surface area (Å²) in [5, 5.41) is 14.4. The lowest BCUT2D eigenvalue weighted by Crippen LogP contribution is -2.25. The van der Waals surface area contributed by atoms with Crippen LogP contribution in [0, 0.1) is 17.8 Å². The molecule has 2 unspecified atom stereocenters. The summed E-state index contributed by atoms with van der Waals surface area (Å²) in [6, 6.07) is 3.60. The van der Waals surface area contributed by atoms with Gasteiger partial charge >= 0.3 is 0 Å². The number of anilines is 1. The number of hydrogen-bond acceptors (Lipinski definition) is 5. The van der Waals surface area contributed by atoms with E-state index in [0.29, 0.717) is 41.6 Å². The first-order valence-electron chi connectivity index (χ1n) is 9.48. The van der Waals surface area contributed by atoms with Crippen molar-refractivity contribution >= 4 is 17.6 Å². The zero-order valence-electron chi connectivity index (χ0n) is 16.6. The van der Waals surface area contributed by atoms with Crippen LogP contribution in [0.15, 0.2) is 12.1 Å². The maximum Gasteiger partial charge on any atom is 0.275 e. The van der Waals surface area contributed by atoms with Crippen LogP contribution in [0.2, 0.25) is 0 Å². The second kappa shape index (κ2) is 7.05. The Morgan fingerprint density at radius 1 is 1.32 bits per heavy atom. The van der Waals surface area contributed by atoms with Crippen molar-refractivity contribution in [1.29, 1.82) is 0 Å². The molecule has 0 saturated heterocycles. The number of ether oxygens (including phenoxy) is 1. The van der Waals surface area contributed by atoms with Crippen LogP contribution in [0.3, 0.4) is 0 Å². The van der Waals surface area contributed by atoms with Gasteiger partial charge in [0.25, 0.3) is 5.91 Å². The van der Waals surface area contributed by atoms with Crippen LogP contribution < -0.4 is 5.32 Å². The van der Waals surface area contributed by atoms with E-state index in [1.807, 2.05) is 20.2 Å². The molecule has 0 aromatic carbocycles. The largest absolute Gasteiger partial charge is 0.378 e. The molecule has 0 spiro atoms. The number of nitrogens with zero attached hydrogens (tertiary/aromatic N) is 4. The lowest BCUT2D eigenvalue weighted by atomic mass is 9.96. The Morgan fingerprint density at radius 2 is 2.04 bits per heavy atom. The molecule has 150 valence electrons. The van der Waals surface area contributed by atoms with Crippen LogP contribution in [0.4, 0.5) is 5.82 Å². The van der Waals surface area contributed by atoms with E-state index in [-0.39, 0.29) is 17.7 Å². The second-order valence-corrected chi connectivity index (χ2v) is 7.99. The second-order valence-electron chi connectivity index (χ2n) is 7.99. The Bertz CT molecular complexity index is 889. The standard InChI is InChI=1S/C19H26N6O3/c1-24(2)19(27)17-12-5-10(6-13(12)17)14-8-16(22-21-14)20-18(26)15-7-11(9-28-4)23-25(15)3/h7-8,10,12-13,17H,5-6,9H2,1-4H3,(H2,20,21,22,26)/t10?,12-,13+,17?. The van der Waals surface area contributed by atoms with E-state index in [4.69, 9.17) is 4.74 Å². The average molecular weight is 386 g/mol. The number of hydrogen-bond donors (Lipinski definition) is 2. The van der Waals surface area contributed by atoms with Crippen molar-refractivity contribution < 1.29 is 14.3 Å². The highest BCUT2D eigenvalue weighted by molar-refractivity contribution is 6.02. The quantitative estimate of drug-likeness (QED) is 0.780. The monoisotopic (exact) mass is 386 g/mol. The van der Waals surface area contributed by atoms with E-state index >= 15 is 0 Å². The lowest BCUT2D eigenvalue weighted by molar-refractivity contribution is -0.130. The summed E-state index contributed by atoms with van der Waals surface area (Å²) in [4.78, 5) is 26.3. The molecule has 4 atom stereocenters. The summed E-state index contributed by atoms with van der Waals surface area (Å²) in [6.07, 6.45) is 1.99. The molecule has 2 N–H and O–H groups in total. The van der Waals surface area contributed by atoms with Gasteiger partial charge in [0.2, 0.25) is 5.91 Å². The first kappa shape index (κ1) is 18.7. The van der Waals surface area contributed by atoms with Gasteiger partial charge in [0, 0.05) is 51.8 Å². The fourth-order valence-electron chi connectivity index (χ4n) is 4.51. The number of aryl methyl sites for hydroxylation is 1. The van der Waals surface area contributed by atoms with Crippen molar-refractivity contribution in [2.24, 2.45) is 24.8 Å². The van der Waals surface area contributed by atoms with Gasteiger partial charge in [-0.2, -0.15) is 10.2 Å². The summed E-state index contributed by atoms with van der Waals surface area (Å²) >= 11 is 0. The van der Waals surface area contributed by atoms with Crippen LogP contribution in [-0.4, -0.2) is 57.9 Å². The number of aromatic amines is 1. The number of rotatable bonds is 6. The van der Waals surface area contributed by atoms with Crippen molar-refractivity contribution in [2.45, 2.75) is 25.4 Å². The molecular weight excluding hydrogens is 360 g/mol. The zero-order valence-corrected chi connectivity index (χ0v) is 16.6. The highest BCUT2D eigenvalue weighted by atomic mass is 16.5. The normalized spacial score (nSPS) is 25.4. The summed E-state index contributed by atoms with van der Waals surface area (Å²) in [5.41, 5.74) is 2.16. The number of fused-ring (bicyclic) bond motifs is 1. The lowest BCUT2D eigenvalue weighted by Gasteiger charge is -2.15. The first-order chi connectivity index (χ1) is 13.4. The third kappa shape index (κ3) is 3.30. The van der Waals surface area contributed by atoms with Gasteiger partial charge in [-0.1, -0.05) is 0 Å². The Morgan fingerprint density at radius 3 is 2.68 bits per heavy atom. The van der Waals surface area contributed by atoms with Gasteiger partial charge in [0.1, 0.15) is 5.69 Å². The Kier molecular flexibility index (Phi) is 4.70. The number of amides is 2. The van der Waals surface area contributed by atoms with E-state index in [0.717, 1.165) is 18.5 Å². The SMILES string of the molecule is COCc1cc(C(=O)Nc2cc(C3C[C@@H]4C(C(=O)N(C)C)[C@@H]4C3)[nH]n2)n(C)n1. The maximum atomic E-state index is 12.5. The van der Waals surface area contributed by atoms with Crippen LogP contribution in [-0.2, 0) is 23.2 Å². The molecule has 2 aromatic rings. The number of aromatic nitrogens is 4. The minimum Gasteiger partial charge on any atom is -0.378 e. The van der Waals surface area contributed by atoms with Crippen LogP contribution >= 0.6 is 0 Å². The molecule has 0 bridgehead atoms. The van der Waals surface area contributed by atoms with Gasteiger partial charge in [-0.25, -0.2) is 0 Å². The fraction of sp³-hybridized carbons (Fsp3) is 0.579. The predicted molar refractivity (Wildman–Crippen MR) is 102 cm³/mol. The molecule has 2 saturated carbocycles. The number of nitrogens with one attached hydrogen (secondary N) is 2. The molecule has 2 amide bonds. The van der Waals surface area contributed by atoms with Crippen molar-refractivity contribution in [1.82, 2.24) is 24.9 Å². The van der Waals surface area contributed by atoms with E-state index in [1.54, 1.807) is 25.1 Å². The first-order valence-corrected chi connectivity index (χ1v) is 9.48. The molecule has 2 aromatic heterocycles. The average Bonchev–Trinajstić information content (AvgIpc) is 3.07. The van der Waals surface area contributed by atoms with E-state index in [2.05, 4.69) is 20.6 Å². The van der Waals surface area contributed by atoms with Gasteiger partial charge in [0.15, 0.2) is 5.82 Å². The van der Waals surface area contributed by atoms with Crippen LogP contribution in [0.1, 0.15) is 40.6 Å². The zero-order chi connectivity index (χ0) is 20.0. The minimum atomic E-state index is -0.263. The number of methoxy groups -OCH3 is 1. The number of carbonyl (C=O) groups is 2. The summed E-state index contributed by atoms with van der Waals surface area (Å²) in [5.74, 6) is 2.00. The Balaban J connectivity index is 1.36. The summed E-state index contributed by atoms with van der Waals surface area (Å²) in [7, 11) is 6.95. The van der Waals surface area contributed by atoms with Crippen molar-refractivity contribution in [3.8, 4) is 0 Å². The van der Waals surface area contributed by atoms with Crippen LogP contribution in [0.25, 0.3) is 0 Å². The van der Waals surface area contributed by atoms with E-state index < -0.39 is 0 Å². The molecule has 2 aliphatic rings. The van der Waals surface area contributed by atoms with Gasteiger partial charge in [-0.05, 0) is 30.7 Å². The number of carbonyl (C=O) groups excluding carboxylic acids is 2. The van der Waals surface area contributed by atoms with Gasteiger partial charge < -0.3 is 15.0 Å². The molecule has 0 aliphatic heterocycles. The third-order valence-electron chi connectivity index (χ3n) is 5.91. The van der Waals surface area contributed by atoms with Gasteiger partial charge in [-0.15, -0.1) is 0 Å². The fourth-order valence-corrected chi connectivity index (χ4v) is 4.51. The van der Waals surface area contributed by atoms with E-state index in [9.17, 15) is 9.59 Å². The highest BCUT2D eigenvalue weighted by Gasteiger charge is 2.60.